The fourth-order valence-corrected chi connectivity index (χ4v) is 6.12. The van der Waals surface area contributed by atoms with Crippen LogP contribution in [0, 0.1) is 0 Å². The van der Waals surface area contributed by atoms with E-state index in [1.807, 2.05) is 24.3 Å². The highest BCUT2D eigenvalue weighted by Gasteiger charge is 2.64. The van der Waals surface area contributed by atoms with Crippen LogP contribution in [-0.2, 0) is 16.0 Å². The summed E-state index contributed by atoms with van der Waals surface area (Å²) in [5, 5.41) is 4.17. The highest BCUT2D eigenvalue weighted by atomic mass is 79.9. The molecule has 1 heterocycles. The van der Waals surface area contributed by atoms with Crippen LogP contribution < -0.4 is 10.2 Å². The van der Waals surface area contributed by atoms with E-state index in [9.17, 15) is 9.59 Å². The van der Waals surface area contributed by atoms with Gasteiger partial charge in [-0.05, 0) is 62.1 Å². The van der Waals surface area contributed by atoms with E-state index in [1.54, 1.807) is 30.0 Å². The predicted octanol–water partition coefficient (Wildman–Crippen LogP) is 6.53. The summed E-state index contributed by atoms with van der Waals surface area (Å²) in [6.07, 6.45) is 4.01. The molecule has 1 saturated heterocycles. The number of anilines is 1. The van der Waals surface area contributed by atoms with Crippen LogP contribution >= 0.6 is 39.1 Å². The normalized spacial score (nSPS) is 24.8. The molecule has 1 aliphatic carbocycles. The number of carbonyl (C=O) groups excluding carboxylic acids is 2. The molecule has 32 heavy (non-hydrogen) atoms. The molecular formula is C24H25BrCl2N2O3. The third kappa shape index (κ3) is 4.25. The van der Waals surface area contributed by atoms with Crippen LogP contribution in [0.3, 0.4) is 0 Å². The largest absolute Gasteiger partial charge is 0.466 e. The standard InChI is InChI=1S/C24H25BrCl2N2O3/c1-2-32-21(30)15-24-10-4-3-9-23(24,14-16-5-7-17(25)8-6-16)28-22(31)29(24)20-12-18(26)11-19(27)13-20/h5-8,11-13H,2-4,9-10,14-15H2,1H3,(H,28,31). The van der Waals surface area contributed by atoms with Gasteiger partial charge in [0.25, 0.3) is 0 Å². The number of hydrogen-bond acceptors (Lipinski definition) is 3. The molecule has 170 valence electrons. The number of carbonyl (C=O) groups is 2. The molecule has 0 radical (unpaired) electrons. The molecule has 2 aromatic rings. The lowest BCUT2D eigenvalue weighted by atomic mass is 9.63. The Morgan fingerprint density at radius 2 is 1.78 bits per heavy atom. The zero-order chi connectivity index (χ0) is 22.9. The van der Waals surface area contributed by atoms with E-state index in [-0.39, 0.29) is 18.4 Å². The van der Waals surface area contributed by atoms with Crippen molar-refractivity contribution in [2.75, 3.05) is 11.5 Å². The lowest BCUT2D eigenvalue weighted by molar-refractivity contribution is -0.145. The summed E-state index contributed by atoms with van der Waals surface area (Å²) < 4.78 is 6.35. The molecule has 0 bridgehead atoms. The van der Waals surface area contributed by atoms with Crippen LogP contribution in [0.15, 0.2) is 46.9 Å². The summed E-state index contributed by atoms with van der Waals surface area (Å²) in [4.78, 5) is 28.1. The molecule has 2 fully saturated rings. The van der Waals surface area contributed by atoms with Crippen molar-refractivity contribution in [3.8, 4) is 0 Å². The van der Waals surface area contributed by atoms with Crippen molar-refractivity contribution in [3.63, 3.8) is 0 Å². The number of amides is 2. The first-order valence-electron chi connectivity index (χ1n) is 10.8. The van der Waals surface area contributed by atoms with Crippen LogP contribution in [0.5, 0.6) is 0 Å². The lowest BCUT2D eigenvalue weighted by Crippen LogP contribution is -2.65. The Balaban J connectivity index is 1.85. The van der Waals surface area contributed by atoms with Gasteiger partial charge in [-0.3, -0.25) is 9.69 Å². The predicted molar refractivity (Wildman–Crippen MR) is 130 cm³/mol. The van der Waals surface area contributed by atoms with Gasteiger partial charge in [-0.15, -0.1) is 0 Å². The Labute approximate surface area is 206 Å². The quantitative estimate of drug-likeness (QED) is 0.424. The van der Waals surface area contributed by atoms with Gasteiger partial charge in [0.1, 0.15) is 0 Å². The Bertz CT molecular complexity index is 1010. The first kappa shape index (κ1) is 23.4. The van der Waals surface area contributed by atoms with Gasteiger partial charge in [0.15, 0.2) is 0 Å². The average molecular weight is 540 g/mol. The monoisotopic (exact) mass is 538 g/mol. The number of rotatable bonds is 6. The molecule has 2 aromatic carbocycles. The van der Waals surface area contributed by atoms with Gasteiger partial charge in [0, 0.05) is 20.2 Å². The molecule has 1 aliphatic heterocycles. The molecule has 0 spiro atoms. The van der Waals surface area contributed by atoms with E-state index in [2.05, 4.69) is 21.2 Å². The van der Waals surface area contributed by atoms with Gasteiger partial charge < -0.3 is 10.1 Å². The molecule has 4 rings (SSSR count). The Morgan fingerprint density at radius 3 is 2.44 bits per heavy atom. The second-order valence-corrected chi connectivity index (χ2v) is 10.3. The molecule has 5 nitrogen and oxygen atoms in total. The number of urea groups is 1. The zero-order valence-electron chi connectivity index (χ0n) is 17.8. The SMILES string of the molecule is CCOC(=O)CC12CCCCC1(Cc1ccc(Br)cc1)NC(=O)N2c1cc(Cl)cc(Cl)c1. The maximum atomic E-state index is 13.5. The molecule has 2 atom stereocenters. The molecule has 2 unspecified atom stereocenters. The second kappa shape index (κ2) is 9.24. The minimum Gasteiger partial charge on any atom is -0.466 e. The molecule has 0 aromatic heterocycles. The van der Waals surface area contributed by atoms with Crippen molar-refractivity contribution in [1.29, 1.82) is 0 Å². The maximum absolute atomic E-state index is 13.5. The average Bonchev–Trinajstić information content (AvgIpc) is 2.96. The number of nitrogens with zero attached hydrogens (tertiary/aromatic N) is 1. The Morgan fingerprint density at radius 1 is 1.12 bits per heavy atom. The molecule has 1 N–H and O–H groups in total. The van der Waals surface area contributed by atoms with E-state index in [0.29, 0.717) is 35.2 Å². The van der Waals surface area contributed by atoms with Crippen molar-refractivity contribution in [3.05, 3.63) is 62.5 Å². The smallest absolute Gasteiger partial charge is 0.323 e. The number of halogens is 3. The minimum absolute atomic E-state index is 0.0975. The summed E-state index contributed by atoms with van der Waals surface area (Å²) in [6.45, 7) is 2.08. The lowest BCUT2D eigenvalue weighted by Gasteiger charge is -2.51. The maximum Gasteiger partial charge on any atom is 0.323 e. The van der Waals surface area contributed by atoms with Crippen molar-refractivity contribution in [1.82, 2.24) is 5.32 Å². The van der Waals surface area contributed by atoms with Gasteiger partial charge in [0.2, 0.25) is 0 Å². The number of nitrogens with one attached hydrogen (secondary N) is 1. The number of benzene rings is 2. The number of ether oxygens (including phenoxy) is 1. The zero-order valence-corrected chi connectivity index (χ0v) is 20.9. The van der Waals surface area contributed by atoms with Crippen LogP contribution in [0.4, 0.5) is 10.5 Å². The van der Waals surface area contributed by atoms with Crippen molar-refractivity contribution in [2.24, 2.45) is 0 Å². The first-order valence-corrected chi connectivity index (χ1v) is 12.3. The van der Waals surface area contributed by atoms with Crippen molar-refractivity contribution < 1.29 is 14.3 Å². The summed E-state index contributed by atoms with van der Waals surface area (Å²) in [5.41, 5.74) is 0.256. The summed E-state index contributed by atoms with van der Waals surface area (Å²) >= 11 is 16.1. The first-order chi connectivity index (χ1) is 15.3. The van der Waals surface area contributed by atoms with Gasteiger partial charge in [0.05, 0.1) is 24.1 Å². The van der Waals surface area contributed by atoms with Crippen LogP contribution in [-0.4, -0.2) is 29.7 Å². The van der Waals surface area contributed by atoms with Gasteiger partial charge in [-0.25, -0.2) is 4.79 Å². The minimum atomic E-state index is -0.796. The fourth-order valence-electron chi connectivity index (χ4n) is 5.34. The third-order valence-electron chi connectivity index (χ3n) is 6.58. The summed E-state index contributed by atoms with van der Waals surface area (Å²) in [6, 6.07) is 12.9. The highest BCUT2D eigenvalue weighted by molar-refractivity contribution is 9.10. The Hall–Kier alpha value is -1.76. The fraction of sp³-hybridized carbons (Fsp3) is 0.417. The second-order valence-electron chi connectivity index (χ2n) is 8.50. The summed E-state index contributed by atoms with van der Waals surface area (Å²) in [5.74, 6) is -0.316. The Kier molecular flexibility index (Phi) is 6.76. The van der Waals surface area contributed by atoms with Crippen molar-refractivity contribution >= 4 is 56.8 Å². The van der Waals surface area contributed by atoms with Crippen molar-refractivity contribution in [2.45, 2.75) is 56.5 Å². The van der Waals surface area contributed by atoms with E-state index in [1.165, 1.54) is 0 Å². The van der Waals surface area contributed by atoms with E-state index < -0.39 is 11.1 Å². The topological polar surface area (TPSA) is 58.6 Å². The van der Waals surface area contributed by atoms with E-state index in [0.717, 1.165) is 29.3 Å². The number of fused-ring (bicyclic) bond motifs is 1. The van der Waals surface area contributed by atoms with E-state index in [4.69, 9.17) is 27.9 Å². The number of esters is 1. The van der Waals surface area contributed by atoms with Crippen LogP contribution in [0.25, 0.3) is 0 Å². The molecule has 1 saturated carbocycles. The van der Waals surface area contributed by atoms with Crippen LogP contribution in [0.2, 0.25) is 10.0 Å². The number of hydrogen-bond donors (Lipinski definition) is 1. The third-order valence-corrected chi connectivity index (χ3v) is 7.54. The van der Waals surface area contributed by atoms with Gasteiger partial charge in [-0.2, -0.15) is 0 Å². The molecular weight excluding hydrogens is 515 g/mol. The van der Waals surface area contributed by atoms with Gasteiger partial charge >= 0.3 is 12.0 Å². The van der Waals surface area contributed by atoms with Gasteiger partial charge in [-0.1, -0.05) is 64.1 Å². The van der Waals surface area contributed by atoms with E-state index >= 15 is 0 Å². The molecule has 2 amide bonds. The molecule has 2 aliphatic rings. The van der Waals surface area contributed by atoms with Crippen LogP contribution in [0.1, 0.15) is 44.6 Å². The summed E-state index contributed by atoms with van der Waals surface area (Å²) in [7, 11) is 0. The molecule has 8 heteroatoms. The highest BCUT2D eigenvalue weighted by Crippen LogP contribution is 2.51.